The number of benzene rings is 2. The van der Waals surface area contributed by atoms with E-state index in [9.17, 15) is 32.2 Å². The van der Waals surface area contributed by atoms with Crippen LogP contribution in [0.2, 0.25) is 0 Å². The topological polar surface area (TPSA) is 114 Å². The van der Waals surface area contributed by atoms with Gasteiger partial charge in [-0.25, -0.2) is 0 Å². The smallest absolute Gasteiger partial charge is 0.396 e. The minimum atomic E-state index is -4.58. The monoisotopic (exact) mass is 498 g/mol. The minimum Gasteiger partial charge on any atom is -0.396 e. The molecule has 0 spiro atoms. The molecule has 1 aliphatic rings. The van der Waals surface area contributed by atoms with Crippen LogP contribution in [0.5, 0.6) is 0 Å². The number of rotatable bonds is 5. The molecule has 2 aromatic carbocycles. The lowest BCUT2D eigenvalue weighted by Gasteiger charge is -2.47. The van der Waals surface area contributed by atoms with Crippen molar-refractivity contribution in [3.05, 3.63) is 59.2 Å². The summed E-state index contributed by atoms with van der Waals surface area (Å²) in [5, 5.41) is 9.28. The third-order valence-electron chi connectivity index (χ3n) is 5.63. The molecule has 2 heterocycles. The number of imidazole rings is 1. The van der Waals surface area contributed by atoms with Gasteiger partial charge in [0.25, 0.3) is 5.91 Å². The van der Waals surface area contributed by atoms with Crippen molar-refractivity contribution in [2.45, 2.75) is 32.0 Å². The van der Waals surface area contributed by atoms with Crippen LogP contribution in [0.1, 0.15) is 35.2 Å². The van der Waals surface area contributed by atoms with Crippen molar-refractivity contribution in [3.8, 4) is 0 Å². The first kappa shape index (κ1) is 24.3. The number of aromatic nitrogens is 2. The molecule has 34 heavy (non-hydrogen) atoms. The minimum absolute atomic E-state index is 0.104. The number of alkyl halides is 3. The Balaban J connectivity index is 1.77. The molecule has 0 bridgehead atoms. The van der Waals surface area contributed by atoms with E-state index in [-0.39, 0.29) is 17.8 Å². The van der Waals surface area contributed by atoms with Gasteiger partial charge in [0.1, 0.15) is 0 Å². The summed E-state index contributed by atoms with van der Waals surface area (Å²) in [5.74, 6) is -0.556. The van der Waals surface area contributed by atoms with Gasteiger partial charge in [-0.05, 0) is 55.7 Å². The van der Waals surface area contributed by atoms with Crippen LogP contribution in [0.3, 0.4) is 0 Å². The maximum atomic E-state index is 13.0. The molecule has 1 aromatic heterocycles. The van der Waals surface area contributed by atoms with Gasteiger partial charge in [0, 0.05) is 25.3 Å². The van der Waals surface area contributed by atoms with Crippen molar-refractivity contribution in [1.29, 1.82) is 0 Å². The molecule has 1 aliphatic heterocycles. The molecule has 0 atom stereocenters. The molecule has 0 unspecified atom stereocenters. The fourth-order valence-electron chi connectivity index (χ4n) is 3.95. The van der Waals surface area contributed by atoms with E-state index < -0.39 is 28.4 Å². The molecule has 1 fully saturated rings. The van der Waals surface area contributed by atoms with Crippen molar-refractivity contribution in [2.24, 2.45) is 4.99 Å². The van der Waals surface area contributed by atoms with Crippen molar-refractivity contribution < 1.29 is 32.2 Å². The number of nitrogens with zero attached hydrogens (tertiary/aromatic N) is 3. The third-order valence-corrected chi connectivity index (χ3v) is 7.56. The summed E-state index contributed by atoms with van der Waals surface area (Å²) in [6.45, 7) is 0.696. The Labute approximate surface area is 194 Å². The van der Waals surface area contributed by atoms with E-state index in [1.807, 2.05) is 0 Å². The van der Waals surface area contributed by atoms with E-state index >= 15 is 0 Å². The second-order valence-electron chi connectivity index (χ2n) is 8.02. The molecule has 1 amide bonds. The predicted molar refractivity (Wildman–Crippen MR) is 124 cm³/mol. The summed E-state index contributed by atoms with van der Waals surface area (Å²) in [7, 11) is -2.92. The molecule has 4 rings (SSSR count). The second kappa shape index (κ2) is 9.45. The zero-order valence-corrected chi connectivity index (χ0v) is 18.9. The Hall–Kier alpha value is -2.80. The first-order valence-electron chi connectivity index (χ1n) is 10.7. The number of aliphatic hydroxyl groups excluding tert-OH is 1. The van der Waals surface area contributed by atoms with Crippen LogP contribution in [0.4, 0.5) is 18.9 Å². The number of amides is 1. The lowest BCUT2D eigenvalue weighted by atomic mass is 10.1. The largest absolute Gasteiger partial charge is 0.416 e. The molecule has 12 heteroatoms. The maximum absolute atomic E-state index is 13.0. The molecule has 4 N–H and O–H groups in total. The summed E-state index contributed by atoms with van der Waals surface area (Å²) >= 11 is 0. The van der Waals surface area contributed by atoms with Crippen molar-refractivity contribution in [2.75, 3.05) is 23.2 Å². The highest BCUT2D eigenvalue weighted by molar-refractivity contribution is 8.25. The van der Waals surface area contributed by atoms with Crippen LogP contribution >= 0.6 is 10.8 Å². The zero-order valence-electron chi connectivity index (χ0n) is 18.1. The Bertz CT molecular complexity index is 1270. The number of aryl methyl sites for hydroxylation is 1. The Morgan fingerprint density at radius 3 is 2.65 bits per heavy atom. The van der Waals surface area contributed by atoms with E-state index in [2.05, 4.69) is 9.98 Å². The van der Waals surface area contributed by atoms with Gasteiger partial charge < -0.3 is 14.7 Å². The van der Waals surface area contributed by atoms with Crippen LogP contribution in [0.15, 0.2) is 47.5 Å². The van der Waals surface area contributed by atoms with E-state index in [4.69, 9.17) is 0 Å². The zero-order chi connectivity index (χ0) is 24.5. The number of aromatic amines is 1. The van der Waals surface area contributed by atoms with Crippen molar-refractivity contribution in [1.82, 2.24) is 9.55 Å². The second-order valence-corrected chi connectivity index (χ2v) is 10.1. The maximum Gasteiger partial charge on any atom is 0.416 e. The molecule has 3 aromatic rings. The summed E-state index contributed by atoms with van der Waals surface area (Å²) in [6.07, 6.45) is -2.67. The lowest BCUT2D eigenvalue weighted by molar-refractivity contribution is -0.137. The fourth-order valence-corrected chi connectivity index (χ4v) is 5.64. The van der Waals surface area contributed by atoms with Gasteiger partial charge in [0.2, 0.25) is 5.62 Å². The van der Waals surface area contributed by atoms with Crippen molar-refractivity contribution >= 4 is 33.4 Å². The molecule has 8 nitrogen and oxygen atoms in total. The van der Waals surface area contributed by atoms with Crippen LogP contribution in [0, 0.1) is 0 Å². The highest BCUT2D eigenvalue weighted by Gasteiger charge is 2.31. The van der Waals surface area contributed by atoms with Gasteiger partial charge in [0.15, 0.2) is 0 Å². The predicted octanol–water partition coefficient (Wildman–Crippen LogP) is 4.38. The first-order valence-corrected chi connectivity index (χ1v) is 12.4. The number of fused-ring (bicyclic) bond motifs is 1. The fraction of sp³-hybridized carbons (Fsp3) is 0.364. The third kappa shape index (κ3) is 4.99. The van der Waals surface area contributed by atoms with E-state index in [1.54, 1.807) is 27.1 Å². The molecule has 0 saturated carbocycles. The summed E-state index contributed by atoms with van der Waals surface area (Å²) in [6, 6.07) is 9.26. The molecular formula is C22H25F3N4O4S. The Morgan fingerprint density at radius 1 is 1.15 bits per heavy atom. The van der Waals surface area contributed by atoms with Crippen LogP contribution in [-0.2, 0) is 12.7 Å². The SMILES string of the molecule is O=C(N=c1[nH]c2cc(N3CCCCS3(O)O)ccc2n1CCCO)c1cccc(C(F)(F)F)c1. The number of H-pyrrole nitrogens is 1. The van der Waals surface area contributed by atoms with E-state index in [0.717, 1.165) is 31.0 Å². The average Bonchev–Trinajstić information content (AvgIpc) is 3.12. The molecular weight excluding hydrogens is 473 g/mol. The summed E-state index contributed by atoms with van der Waals surface area (Å²) in [5.41, 5.74) is 0.786. The standard InChI is InChI=1S/C22H25F3N4O4S/c23-22(24,25)16-6-3-5-15(13-16)20(31)27-21-26-18-14-17(29-10-1-2-12-34(29,32)33)7-8-19(18)28(21)9-4-11-30/h3,5-8,13-14,30,32-33H,1-2,4,9-12H2,(H,26,27,31). The number of aliphatic hydroxyl groups is 1. The molecule has 184 valence electrons. The lowest BCUT2D eigenvalue weighted by Crippen LogP contribution is -2.34. The van der Waals surface area contributed by atoms with Gasteiger partial charge in [-0.2, -0.15) is 18.2 Å². The van der Waals surface area contributed by atoms with Gasteiger partial charge >= 0.3 is 6.18 Å². The summed E-state index contributed by atoms with van der Waals surface area (Å²) < 4.78 is 63.2. The summed E-state index contributed by atoms with van der Waals surface area (Å²) in [4.78, 5) is 19.7. The van der Waals surface area contributed by atoms with Crippen LogP contribution in [0.25, 0.3) is 11.0 Å². The molecule has 0 radical (unpaired) electrons. The van der Waals surface area contributed by atoms with Gasteiger partial charge in [-0.3, -0.25) is 18.2 Å². The number of halogens is 3. The number of nitrogens with one attached hydrogen (secondary N) is 1. The highest BCUT2D eigenvalue weighted by Crippen LogP contribution is 2.49. The van der Waals surface area contributed by atoms with Crippen LogP contribution in [-0.4, -0.2) is 48.6 Å². The number of anilines is 1. The van der Waals surface area contributed by atoms with Gasteiger partial charge in [-0.15, -0.1) is 10.8 Å². The normalized spacial score (nSPS) is 17.8. The number of hydrogen-bond donors (Lipinski definition) is 4. The first-order chi connectivity index (χ1) is 16.1. The van der Waals surface area contributed by atoms with E-state index in [0.29, 0.717) is 42.0 Å². The Kier molecular flexibility index (Phi) is 6.76. The number of carbonyl (C=O) groups is 1. The van der Waals surface area contributed by atoms with Gasteiger partial charge in [0.05, 0.1) is 28.0 Å². The van der Waals surface area contributed by atoms with Gasteiger partial charge in [-0.1, -0.05) is 6.07 Å². The number of hydrogen-bond acceptors (Lipinski definition) is 5. The Morgan fingerprint density at radius 2 is 1.94 bits per heavy atom. The van der Waals surface area contributed by atoms with Crippen LogP contribution < -0.4 is 9.92 Å². The highest BCUT2D eigenvalue weighted by atomic mass is 32.3. The number of carbonyl (C=O) groups excluding carboxylic acids is 1. The van der Waals surface area contributed by atoms with E-state index in [1.165, 1.54) is 6.07 Å². The quantitative estimate of drug-likeness (QED) is 0.417. The average molecular weight is 499 g/mol. The molecule has 0 aliphatic carbocycles. The van der Waals surface area contributed by atoms with Crippen molar-refractivity contribution in [3.63, 3.8) is 0 Å². The molecule has 1 saturated heterocycles.